The van der Waals surface area contributed by atoms with Crippen LogP contribution in [0.5, 0.6) is 0 Å². The summed E-state index contributed by atoms with van der Waals surface area (Å²) in [7, 11) is 0. The molecule has 0 aliphatic carbocycles. The summed E-state index contributed by atoms with van der Waals surface area (Å²) < 4.78 is 5.02. The van der Waals surface area contributed by atoms with Gasteiger partial charge in [0.05, 0.1) is 12.7 Å². The number of aliphatic hydroxyl groups excluding tert-OH is 1. The second-order valence-electron chi connectivity index (χ2n) is 4.03. The number of piperazine rings is 1. The van der Waals surface area contributed by atoms with Gasteiger partial charge in [0.1, 0.15) is 6.04 Å². The van der Waals surface area contributed by atoms with Gasteiger partial charge in [-0.05, 0) is 13.3 Å². The normalized spacial score (nSPS) is 24.1. The lowest BCUT2D eigenvalue weighted by Gasteiger charge is -2.35. The number of esters is 1. The largest absolute Gasteiger partial charge is 0.465 e. The molecule has 2 N–H and O–H groups in total. The lowest BCUT2D eigenvalue weighted by atomic mass is 10.1. The Morgan fingerprint density at radius 2 is 2.38 bits per heavy atom. The molecule has 5 heteroatoms. The lowest BCUT2D eigenvalue weighted by molar-refractivity contribution is -0.150. The van der Waals surface area contributed by atoms with Crippen molar-refractivity contribution in [3.63, 3.8) is 0 Å². The molecule has 1 aliphatic rings. The molecule has 2 atom stereocenters. The zero-order valence-electron chi connectivity index (χ0n) is 10.1. The third-order valence-corrected chi connectivity index (χ3v) is 2.83. The number of nitrogens with zero attached hydrogens (tertiary/aromatic N) is 1. The van der Waals surface area contributed by atoms with Gasteiger partial charge in [0.2, 0.25) is 0 Å². The number of carbonyl (C=O) groups is 1. The van der Waals surface area contributed by atoms with Gasteiger partial charge >= 0.3 is 5.97 Å². The van der Waals surface area contributed by atoms with Gasteiger partial charge in [0, 0.05) is 26.2 Å². The van der Waals surface area contributed by atoms with Crippen LogP contribution in [-0.4, -0.2) is 60.9 Å². The molecule has 0 bridgehead atoms. The topological polar surface area (TPSA) is 61.8 Å². The summed E-state index contributed by atoms with van der Waals surface area (Å²) in [6.45, 7) is 6.93. The van der Waals surface area contributed by atoms with Gasteiger partial charge in [0.15, 0.2) is 0 Å². The Morgan fingerprint density at radius 3 is 3.00 bits per heavy atom. The first-order valence-corrected chi connectivity index (χ1v) is 5.98. The second-order valence-corrected chi connectivity index (χ2v) is 4.03. The molecule has 94 valence electrons. The Labute approximate surface area is 96.8 Å². The summed E-state index contributed by atoms with van der Waals surface area (Å²) in [5.41, 5.74) is 0. The zero-order valence-corrected chi connectivity index (χ0v) is 10.1. The van der Waals surface area contributed by atoms with E-state index in [4.69, 9.17) is 4.74 Å². The quantitative estimate of drug-likeness (QED) is 0.629. The smallest absolute Gasteiger partial charge is 0.324 e. The molecule has 0 aromatic rings. The highest BCUT2D eigenvalue weighted by Crippen LogP contribution is 2.07. The maximum Gasteiger partial charge on any atom is 0.324 e. The van der Waals surface area contributed by atoms with E-state index in [1.54, 1.807) is 6.92 Å². The summed E-state index contributed by atoms with van der Waals surface area (Å²) in [5, 5.41) is 12.8. The Morgan fingerprint density at radius 1 is 1.62 bits per heavy atom. The molecule has 1 aliphatic heterocycles. The molecule has 2 unspecified atom stereocenters. The first-order chi connectivity index (χ1) is 7.69. The summed E-state index contributed by atoms with van der Waals surface area (Å²) in [4.78, 5) is 13.7. The van der Waals surface area contributed by atoms with E-state index in [1.165, 1.54) is 0 Å². The molecule has 5 nitrogen and oxygen atoms in total. The van der Waals surface area contributed by atoms with Crippen molar-refractivity contribution in [2.45, 2.75) is 32.4 Å². The maximum atomic E-state index is 11.7. The number of aliphatic hydroxyl groups is 1. The van der Waals surface area contributed by atoms with E-state index in [2.05, 4.69) is 5.32 Å². The predicted octanol–water partition coefficient (Wildman–Crippen LogP) is -0.406. The molecule has 0 saturated carbocycles. The lowest BCUT2D eigenvalue weighted by Crippen LogP contribution is -2.57. The summed E-state index contributed by atoms with van der Waals surface area (Å²) >= 11 is 0. The molecular formula is C11H22N2O3. The third kappa shape index (κ3) is 3.73. The van der Waals surface area contributed by atoms with Crippen LogP contribution in [-0.2, 0) is 9.53 Å². The third-order valence-electron chi connectivity index (χ3n) is 2.83. The highest BCUT2D eigenvalue weighted by Gasteiger charge is 2.30. The first-order valence-electron chi connectivity index (χ1n) is 5.98. The van der Waals surface area contributed by atoms with Crippen LogP contribution >= 0.6 is 0 Å². The van der Waals surface area contributed by atoms with E-state index < -0.39 is 0 Å². The number of β-amino-alcohol motifs (C(OH)–C–C–N with tert-alkyl or cyclic N) is 1. The second kappa shape index (κ2) is 6.83. The Kier molecular flexibility index (Phi) is 5.73. The van der Waals surface area contributed by atoms with Crippen LogP contribution in [0.3, 0.4) is 0 Å². The van der Waals surface area contributed by atoms with E-state index in [1.807, 2.05) is 11.8 Å². The summed E-state index contributed by atoms with van der Waals surface area (Å²) in [6, 6.07) is -0.255. The Hall–Kier alpha value is -0.650. The monoisotopic (exact) mass is 230 g/mol. The zero-order chi connectivity index (χ0) is 12.0. The van der Waals surface area contributed by atoms with Gasteiger partial charge in [-0.15, -0.1) is 0 Å². The number of hydrogen-bond acceptors (Lipinski definition) is 5. The number of hydrogen-bond donors (Lipinski definition) is 2. The molecule has 16 heavy (non-hydrogen) atoms. The van der Waals surface area contributed by atoms with Gasteiger partial charge < -0.3 is 15.2 Å². The van der Waals surface area contributed by atoms with Gasteiger partial charge in [0.25, 0.3) is 0 Å². The average molecular weight is 230 g/mol. The van der Waals surface area contributed by atoms with Crippen molar-refractivity contribution in [1.82, 2.24) is 10.2 Å². The highest BCUT2D eigenvalue weighted by molar-refractivity contribution is 5.76. The molecule has 0 amide bonds. The van der Waals surface area contributed by atoms with Crippen molar-refractivity contribution in [1.29, 1.82) is 0 Å². The Balaban J connectivity index is 2.52. The van der Waals surface area contributed by atoms with Gasteiger partial charge in [-0.2, -0.15) is 0 Å². The minimum Gasteiger partial charge on any atom is -0.465 e. The molecule has 0 spiro atoms. The SMILES string of the molecule is CCOC(=O)C1CNCCN1CC(O)CC. The number of nitrogens with one attached hydrogen (secondary N) is 1. The molecule has 1 fully saturated rings. The van der Waals surface area contributed by atoms with Crippen LogP contribution < -0.4 is 5.32 Å². The molecule has 1 saturated heterocycles. The minimum atomic E-state index is -0.366. The molecule has 0 aromatic carbocycles. The van der Waals surface area contributed by atoms with Crippen molar-refractivity contribution in [3.05, 3.63) is 0 Å². The maximum absolute atomic E-state index is 11.7. The van der Waals surface area contributed by atoms with Gasteiger partial charge in [-0.1, -0.05) is 6.92 Å². The van der Waals surface area contributed by atoms with E-state index in [-0.39, 0.29) is 18.1 Å². The van der Waals surface area contributed by atoms with Crippen LogP contribution in [0.2, 0.25) is 0 Å². The number of carbonyl (C=O) groups excluding carboxylic acids is 1. The predicted molar refractivity (Wildman–Crippen MR) is 61.2 cm³/mol. The standard InChI is InChI=1S/C11H22N2O3/c1-3-9(14)8-13-6-5-12-7-10(13)11(15)16-4-2/h9-10,12,14H,3-8H2,1-2H3. The molecule has 0 radical (unpaired) electrons. The van der Waals surface area contributed by atoms with Gasteiger partial charge in [-0.25, -0.2) is 0 Å². The molecular weight excluding hydrogens is 208 g/mol. The van der Waals surface area contributed by atoms with Crippen molar-refractivity contribution in [2.24, 2.45) is 0 Å². The Bertz CT molecular complexity index is 223. The van der Waals surface area contributed by atoms with Crippen molar-refractivity contribution in [3.8, 4) is 0 Å². The van der Waals surface area contributed by atoms with Crippen LogP contribution in [0.15, 0.2) is 0 Å². The minimum absolute atomic E-state index is 0.196. The fraction of sp³-hybridized carbons (Fsp3) is 0.909. The van der Waals surface area contributed by atoms with Crippen LogP contribution in [0.1, 0.15) is 20.3 Å². The fourth-order valence-electron chi connectivity index (χ4n) is 1.84. The average Bonchev–Trinajstić information content (AvgIpc) is 2.30. The van der Waals surface area contributed by atoms with E-state index in [9.17, 15) is 9.90 Å². The summed E-state index contributed by atoms with van der Waals surface area (Å²) in [5.74, 6) is -0.196. The van der Waals surface area contributed by atoms with Crippen LogP contribution in [0, 0.1) is 0 Å². The van der Waals surface area contributed by atoms with Crippen molar-refractivity contribution in [2.75, 3.05) is 32.8 Å². The number of rotatable bonds is 5. The van der Waals surface area contributed by atoms with Crippen LogP contribution in [0.4, 0.5) is 0 Å². The molecule has 1 rings (SSSR count). The van der Waals surface area contributed by atoms with E-state index in [0.29, 0.717) is 26.1 Å². The van der Waals surface area contributed by atoms with Crippen molar-refractivity contribution < 1.29 is 14.6 Å². The number of ether oxygens (including phenoxy) is 1. The summed E-state index contributed by atoms with van der Waals surface area (Å²) in [6.07, 6.45) is 0.342. The van der Waals surface area contributed by atoms with Crippen molar-refractivity contribution >= 4 is 5.97 Å². The molecule has 0 aromatic heterocycles. The van der Waals surface area contributed by atoms with Crippen LogP contribution in [0.25, 0.3) is 0 Å². The van der Waals surface area contributed by atoms with E-state index in [0.717, 1.165) is 13.1 Å². The molecule has 1 heterocycles. The van der Waals surface area contributed by atoms with E-state index >= 15 is 0 Å². The fourth-order valence-corrected chi connectivity index (χ4v) is 1.84. The highest BCUT2D eigenvalue weighted by atomic mass is 16.5. The first kappa shape index (κ1) is 13.4. The van der Waals surface area contributed by atoms with Gasteiger partial charge in [-0.3, -0.25) is 9.69 Å².